The Kier molecular flexibility index (Phi) is 4.25. The summed E-state index contributed by atoms with van der Waals surface area (Å²) in [5, 5.41) is 3.37. The first-order chi connectivity index (χ1) is 8.74. The van der Waals surface area contributed by atoms with Crippen molar-refractivity contribution in [1.82, 2.24) is 9.55 Å². The molecule has 0 spiro atoms. The highest BCUT2D eigenvalue weighted by Crippen LogP contribution is 2.27. The number of hydrogen-bond donors (Lipinski definition) is 1. The van der Waals surface area contributed by atoms with E-state index >= 15 is 0 Å². The summed E-state index contributed by atoms with van der Waals surface area (Å²) in [4.78, 5) is 4.14. The number of aromatic nitrogens is 2. The molecule has 0 amide bonds. The van der Waals surface area contributed by atoms with Crippen LogP contribution in [0.5, 0.6) is 5.75 Å². The predicted molar refractivity (Wildman–Crippen MR) is 75.9 cm³/mol. The Morgan fingerprint density at radius 2 is 2.28 bits per heavy atom. The van der Waals surface area contributed by atoms with Crippen molar-refractivity contribution >= 4 is 21.6 Å². The van der Waals surface area contributed by atoms with E-state index in [9.17, 15) is 0 Å². The molecule has 2 rings (SSSR count). The lowest BCUT2D eigenvalue weighted by Crippen LogP contribution is -2.05. The van der Waals surface area contributed by atoms with Crippen molar-refractivity contribution in [3.63, 3.8) is 0 Å². The van der Waals surface area contributed by atoms with Crippen LogP contribution in [-0.4, -0.2) is 16.7 Å². The van der Waals surface area contributed by atoms with Gasteiger partial charge in [-0.15, -0.1) is 0 Å². The first kappa shape index (κ1) is 13.0. The third-order valence-electron chi connectivity index (χ3n) is 2.76. The lowest BCUT2D eigenvalue weighted by Gasteiger charge is -2.10. The normalized spacial score (nSPS) is 10.4. The third-order valence-corrected chi connectivity index (χ3v) is 3.38. The predicted octanol–water partition coefficient (Wildman–Crippen LogP) is 3.29. The van der Waals surface area contributed by atoms with Crippen LogP contribution in [0.25, 0.3) is 0 Å². The molecule has 0 bridgehead atoms. The maximum absolute atomic E-state index is 5.20. The number of imidazole rings is 1. The summed E-state index contributed by atoms with van der Waals surface area (Å²) in [5.74, 6) is 0.833. The van der Waals surface area contributed by atoms with Gasteiger partial charge in [0.25, 0.3) is 0 Å². The lowest BCUT2D eigenvalue weighted by molar-refractivity contribution is 0.412. The SMILES string of the molecule is CCn1cncc1CNc1ccc(OC)c(Br)c1. The van der Waals surface area contributed by atoms with Gasteiger partial charge in [0.2, 0.25) is 0 Å². The van der Waals surface area contributed by atoms with E-state index < -0.39 is 0 Å². The second-order valence-corrected chi connectivity index (χ2v) is 4.73. The van der Waals surface area contributed by atoms with Crippen LogP contribution in [0, 0.1) is 0 Å². The summed E-state index contributed by atoms with van der Waals surface area (Å²) >= 11 is 3.47. The average molecular weight is 310 g/mol. The Morgan fingerprint density at radius 3 is 2.94 bits per heavy atom. The molecular formula is C13H16BrN3O. The quantitative estimate of drug-likeness (QED) is 0.921. The fraction of sp³-hybridized carbons (Fsp3) is 0.308. The fourth-order valence-electron chi connectivity index (χ4n) is 1.75. The molecule has 0 atom stereocenters. The van der Waals surface area contributed by atoms with Crippen LogP contribution in [-0.2, 0) is 13.1 Å². The smallest absolute Gasteiger partial charge is 0.133 e. The van der Waals surface area contributed by atoms with E-state index in [2.05, 4.69) is 37.7 Å². The molecule has 0 aliphatic carbocycles. The molecule has 18 heavy (non-hydrogen) atoms. The molecule has 0 radical (unpaired) electrons. The summed E-state index contributed by atoms with van der Waals surface area (Å²) in [6, 6.07) is 5.94. The lowest BCUT2D eigenvalue weighted by atomic mass is 10.3. The number of nitrogens with zero attached hydrogens (tertiary/aromatic N) is 2. The highest BCUT2D eigenvalue weighted by atomic mass is 79.9. The number of hydrogen-bond acceptors (Lipinski definition) is 3. The Bertz CT molecular complexity index is 525. The second-order valence-electron chi connectivity index (χ2n) is 3.87. The van der Waals surface area contributed by atoms with Crippen LogP contribution in [0.1, 0.15) is 12.6 Å². The molecular weight excluding hydrogens is 294 g/mol. The van der Waals surface area contributed by atoms with E-state index in [1.807, 2.05) is 30.7 Å². The number of halogens is 1. The van der Waals surface area contributed by atoms with Gasteiger partial charge in [0.1, 0.15) is 5.75 Å². The first-order valence-electron chi connectivity index (χ1n) is 5.81. The Morgan fingerprint density at radius 1 is 1.44 bits per heavy atom. The third kappa shape index (κ3) is 2.85. The molecule has 96 valence electrons. The molecule has 5 heteroatoms. The highest BCUT2D eigenvalue weighted by Gasteiger charge is 2.03. The Hall–Kier alpha value is -1.49. The van der Waals surface area contributed by atoms with Crippen molar-refractivity contribution in [2.24, 2.45) is 0 Å². The van der Waals surface area contributed by atoms with Gasteiger partial charge >= 0.3 is 0 Å². The monoisotopic (exact) mass is 309 g/mol. The minimum absolute atomic E-state index is 0.757. The molecule has 1 aromatic heterocycles. The summed E-state index contributed by atoms with van der Waals surface area (Å²) in [7, 11) is 1.66. The van der Waals surface area contributed by atoms with Gasteiger partial charge in [-0.05, 0) is 41.1 Å². The van der Waals surface area contributed by atoms with E-state index in [1.54, 1.807) is 7.11 Å². The molecule has 1 heterocycles. The number of methoxy groups -OCH3 is 1. The van der Waals surface area contributed by atoms with Crippen molar-refractivity contribution in [2.45, 2.75) is 20.0 Å². The minimum Gasteiger partial charge on any atom is -0.496 e. The molecule has 0 fully saturated rings. The van der Waals surface area contributed by atoms with Gasteiger partial charge in [-0.3, -0.25) is 0 Å². The van der Waals surface area contributed by atoms with Crippen molar-refractivity contribution in [2.75, 3.05) is 12.4 Å². The van der Waals surface area contributed by atoms with Crippen molar-refractivity contribution in [3.8, 4) is 5.75 Å². The maximum atomic E-state index is 5.20. The zero-order chi connectivity index (χ0) is 13.0. The molecule has 4 nitrogen and oxygen atoms in total. The molecule has 0 unspecified atom stereocenters. The van der Waals surface area contributed by atoms with Gasteiger partial charge in [0, 0.05) is 18.4 Å². The molecule has 1 N–H and O–H groups in total. The number of aryl methyl sites for hydroxylation is 1. The van der Waals surface area contributed by atoms with Crippen LogP contribution in [0.15, 0.2) is 35.2 Å². The van der Waals surface area contributed by atoms with Crippen LogP contribution >= 0.6 is 15.9 Å². The van der Waals surface area contributed by atoms with E-state index in [4.69, 9.17) is 4.74 Å². The topological polar surface area (TPSA) is 39.1 Å². The van der Waals surface area contributed by atoms with Crippen molar-refractivity contribution in [3.05, 3.63) is 40.9 Å². The largest absolute Gasteiger partial charge is 0.496 e. The number of nitrogens with one attached hydrogen (secondary N) is 1. The van der Waals surface area contributed by atoms with Crippen molar-refractivity contribution < 1.29 is 4.74 Å². The molecule has 0 aliphatic heterocycles. The number of ether oxygens (including phenoxy) is 1. The van der Waals surface area contributed by atoms with Crippen LogP contribution < -0.4 is 10.1 Å². The number of benzene rings is 1. The van der Waals surface area contributed by atoms with Gasteiger partial charge in [-0.25, -0.2) is 4.98 Å². The first-order valence-corrected chi connectivity index (χ1v) is 6.60. The van der Waals surface area contributed by atoms with Gasteiger partial charge < -0.3 is 14.6 Å². The minimum atomic E-state index is 0.757. The molecule has 0 saturated heterocycles. The zero-order valence-corrected chi connectivity index (χ0v) is 12.1. The summed E-state index contributed by atoms with van der Waals surface area (Å²) in [6.45, 7) is 3.80. The Balaban J connectivity index is 2.04. The zero-order valence-electron chi connectivity index (χ0n) is 10.5. The average Bonchev–Trinajstić information content (AvgIpc) is 2.84. The number of rotatable bonds is 5. The van der Waals surface area contributed by atoms with Crippen molar-refractivity contribution in [1.29, 1.82) is 0 Å². The van der Waals surface area contributed by atoms with E-state index in [0.29, 0.717) is 0 Å². The van der Waals surface area contributed by atoms with Crippen LogP contribution in [0.2, 0.25) is 0 Å². The molecule has 0 aliphatic rings. The van der Waals surface area contributed by atoms with Crippen LogP contribution in [0.3, 0.4) is 0 Å². The summed E-state index contributed by atoms with van der Waals surface area (Å²) in [6.07, 6.45) is 3.73. The second kappa shape index (κ2) is 5.91. The maximum Gasteiger partial charge on any atom is 0.133 e. The molecule has 1 aromatic carbocycles. The van der Waals surface area contributed by atoms with Gasteiger partial charge in [0.05, 0.1) is 30.1 Å². The number of anilines is 1. The van der Waals surface area contributed by atoms with Crippen LogP contribution in [0.4, 0.5) is 5.69 Å². The van der Waals surface area contributed by atoms with Gasteiger partial charge in [-0.1, -0.05) is 0 Å². The van der Waals surface area contributed by atoms with E-state index in [1.165, 1.54) is 5.69 Å². The summed E-state index contributed by atoms with van der Waals surface area (Å²) < 4.78 is 8.26. The fourth-order valence-corrected chi connectivity index (χ4v) is 2.29. The summed E-state index contributed by atoms with van der Waals surface area (Å²) in [5.41, 5.74) is 2.22. The standard InChI is InChI=1S/C13H16BrN3O/c1-3-17-9-15-7-11(17)8-16-10-4-5-13(18-2)12(14)6-10/h4-7,9,16H,3,8H2,1-2H3. The molecule has 0 saturated carbocycles. The van der Waals surface area contributed by atoms with Gasteiger partial charge in [0.15, 0.2) is 0 Å². The van der Waals surface area contributed by atoms with E-state index in [0.717, 1.165) is 29.0 Å². The highest BCUT2D eigenvalue weighted by molar-refractivity contribution is 9.10. The van der Waals surface area contributed by atoms with E-state index in [-0.39, 0.29) is 0 Å². The molecule has 2 aromatic rings. The Labute approximate surface area is 115 Å². The van der Waals surface area contributed by atoms with Gasteiger partial charge in [-0.2, -0.15) is 0 Å².